The van der Waals surface area contributed by atoms with E-state index in [1.165, 1.54) is 50.5 Å². The van der Waals surface area contributed by atoms with Crippen LogP contribution in [0, 0.1) is 10.8 Å². The number of hydrogen-bond acceptors (Lipinski definition) is 3. The second kappa shape index (κ2) is 15.2. The fraction of sp³-hybridized carbons (Fsp3) is 0.657. The van der Waals surface area contributed by atoms with E-state index in [0.717, 1.165) is 43.1 Å². The highest BCUT2D eigenvalue weighted by molar-refractivity contribution is 5.60. The summed E-state index contributed by atoms with van der Waals surface area (Å²) in [7, 11) is 0. The van der Waals surface area contributed by atoms with Gasteiger partial charge in [0.25, 0.3) is 5.92 Å². The largest absolute Gasteiger partial charge is 0.494 e. The van der Waals surface area contributed by atoms with E-state index in [-0.39, 0.29) is 13.0 Å². The molecule has 40 heavy (non-hydrogen) atoms. The molecule has 0 radical (unpaired) electrons. The van der Waals surface area contributed by atoms with Crippen LogP contribution in [0.15, 0.2) is 48.5 Å². The number of ether oxygens (including phenoxy) is 1. The van der Waals surface area contributed by atoms with Gasteiger partial charge in [-0.15, -0.1) is 0 Å². The summed E-state index contributed by atoms with van der Waals surface area (Å²) >= 11 is 0. The highest BCUT2D eigenvalue weighted by Gasteiger charge is 2.34. The molecule has 0 atom stereocenters. The first-order chi connectivity index (χ1) is 18.9. The van der Waals surface area contributed by atoms with E-state index in [2.05, 4.69) is 64.2 Å². The Morgan fingerprint density at radius 2 is 1.38 bits per heavy atom. The number of piperidine rings is 1. The maximum absolute atomic E-state index is 13.6. The maximum atomic E-state index is 13.6. The van der Waals surface area contributed by atoms with Crippen LogP contribution in [-0.2, 0) is 6.42 Å². The van der Waals surface area contributed by atoms with Gasteiger partial charge in [0, 0.05) is 24.3 Å². The fourth-order valence-electron chi connectivity index (χ4n) is 5.20. The molecule has 0 aliphatic carbocycles. The minimum atomic E-state index is -2.53. The minimum Gasteiger partial charge on any atom is -0.494 e. The average molecular weight is 557 g/mol. The van der Waals surface area contributed by atoms with Crippen LogP contribution in [-0.4, -0.2) is 37.1 Å². The summed E-state index contributed by atoms with van der Waals surface area (Å²) in [5, 5.41) is 3.43. The molecule has 3 nitrogen and oxygen atoms in total. The molecule has 2 aromatic carbocycles. The van der Waals surface area contributed by atoms with Crippen molar-refractivity contribution in [2.45, 2.75) is 111 Å². The van der Waals surface area contributed by atoms with Crippen LogP contribution in [0.2, 0.25) is 0 Å². The van der Waals surface area contributed by atoms with Crippen molar-refractivity contribution in [3.63, 3.8) is 0 Å². The highest BCUT2D eigenvalue weighted by Crippen LogP contribution is 2.42. The average Bonchev–Trinajstić information content (AvgIpc) is 2.89. The first-order valence-electron chi connectivity index (χ1n) is 15.6. The number of anilines is 2. The van der Waals surface area contributed by atoms with Crippen molar-refractivity contribution >= 4 is 11.4 Å². The number of unbranched alkanes of at least 4 members (excludes halogenated alkanes) is 6. The fourth-order valence-corrected chi connectivity index (χ4v) is 5.20. The van der Waals surface area contributed by atoms with Gasteiger partial charge in [0.15, 0.2) is 0 Å². The Hall–Kier alpha value is -2.14. The lowest BCUT2D eigenvalue weighted by Gasteiger charge is -2.39. The smallest absolute Gasteiger partial charge is 0.260 e. The zero-order chi connectivity index (χ0) is 29.1. The number of nitrogens with zero attached hydrogens (tertiary/aromatic N) is 1. The van der Waals surface area contributed by atoms with Crippen LogP contribution in [0.25, 0.3) is 0 Å². The standard InChI is InChI=1S/C35H54F2N2O/c1-33(2,3)34(4,5)23-11-9-7-6-8-10-12-27-40-32-20-18-31(19-21-32)38-30-16-14-29(15-17-30)22-26-39-25-13-24-35(36,37)28-39/h14-21,38H,6-13,22-28H2,1-5H3. The zero-order valence-electron chi connectivity index (χ0n) is 25.8. The summed E-state index contributed by atoms with van der Waals surface area (Å²) in [5.74, 6) is -1.62. The summed E-state index contributed by atoms with van der Waals surface area (Å²) in [4.78, 5) is 1.89. The van der Waals surface area contributed by atoms with Gasteiger partial charge in [0.05, 0.1) is 13.2 Å². The molecule has 1 heterocycles. The maximum Gasteiger partial charge on any atom is 0.260 e. The first-order valence-corrected chi connectivity index (χ1v) is 15.6. The van der Waals surface area contributed by atoms with Gasteiger partial charge in [-0.25, -0.2) is 8.78 Å². The lowest BCUT2D eigenvalue weighted by Crippen LogP contribution is -2.43. The van der Waals surface area contributed by atoms with Gasteiger partial charge in [-0.1, -0.05) is 85.3 Å². The van der Waals surface area contributed by atoms with Gasteiger partial charge in [-0.05, 0) is 85.0 Å². The molecular formula is C35H54F2N2O. The molecule has 1 aliphatic heterocycles. The normalized spacial score (nSPS) is 16.2. The number of rotatable bonds is 16. The molecule has 1 saturated heterocycles. The molecule has 1 aliphatic rings. The molecule has 3 rings (SSSR count). The van der Waals surface area contributed by atoms with Gasteiger partial charge >= 0.3 is 0 Å². The Morgan fingerprint density at radius 3 is 1.98 bits per heavy atom. The number of alkyl halides is 2. The van der Waals surface area contributed by atoms with Crippen LogP contribution >= 0.6 is 0 Å². The number of nitrogens with one attached hydrogen (secondary N) is 1. The van der Waals surface area contributed by atoms with E-state index >= 15 is 0 Å². The minimum absolute atomic E-state index is 0.0222. The SMILES string of the molecule is CC(C)(C)C(C)(C)CCCCCCCCCOc1ccc(Nc2ccc(CCN3CCCC(F)(F)C3)cc2)cc1. The molecular weight excluding hydrogens is 502 g/mol. The summed E-state index contributed by atoms with van der Waals surface area (Å²) in [6, 6.07) is 16.4. The molecule has 5 heteroatoms. The third kappa shape index (κ3) is 11.4. The van der Waals surface area contributed by atoms with Gasteiger partial charge in [-0.3, -0.25) is 4.90 Å². The van der Waals surface area contributed by atoms with Crippen LogP contribution < -0.4 is 10.1 Å². The van der Waals surface area contributed by atoms with Crippen molar-refractivity contribution in [1.82, 2.24) is 4.90 Å². The summed E-state index contributed by atoms with van der Waals surface area (Å²) < 4.78 is 33.2. The summed E-state index contributed by atoms with van der Waals surface area (Å²) in [5.41, 5.74) is 3.98. The van der Waals surface area contributed by atoms with E-state index in [1.54, 1.807) is 0 Å². The molecule has 0 aromatic heterocycles. The highest BCUT2D eigenvalue weighted by atomic mass is 19.3. The van der Waals surface area contributed by atoms with Crippen molar-refractivity contribution < 1.29 is 13.5 Å². The Labute approximate surface area is 243 Å². The Balaban J connectivity index is 1.24. The number of benzene rings is 2. The zero-order valence-corrected chi connectivity index (χ0v) is 25.8. The second-order valence-electron chi connectivity index (χ2n) is 13.5. The number of likely N-dealkylation sites (tertiary alicyclic amines) is 1. The molecule has 1 fully saturated rings. The topological polar surface area (TPSA) is 24.5 Å². The lowest BCUT2D eigenvalue weighted by atomic mass is 9.67. The van der Waals surface area contributed by atoms with E-state index in [0.29, 0.717) is 23.8 Å². The third-order valence-electron chi connectivity index (χ3n) is 9.03. The predicted octanol–water partition coefficient (Wildman–Crippen LogP) is 10.3. The molecule has 1 N–H and O–H groups in total. The lowest BCUT2D eigenvalue weighted by molar-refractivity contribution is -0.0635. The number of halogens is 2. The van der Waals surface area contributed by atoms with E-state index < -0.39 is 5.92 Å². The molecule has 0 spiro atoms. The molecule has 0 bridgehead atoms. The molecule has 224 valence electrons. The van der Waals surface area contributed by atoms with Crippen LogP contribution in [0.1, 0.15) is 104 Å². The third-order valence-corrected chi connectivity index (χ3v) is 9.03. The van der Waals surface area contributed by atoms with E-state index in [4.69, 9.17) is 4.74 Å². The van der Waals surface area contributed by atoms with Gasteiger partial charge in [-0.2, -0.15) is 0 Å². The van der Waals surface area contributed by atoms with Gasteiger partial charge < -0.3 is 10.1 Å². The van der Waals surface area contributed by atoms with Crippen LogP contribution in [0.3, 0.4) is 0 Å². The van der Waals surface area contributed by atoms with Gasteiger partial charge in [0.2, 0.25) is 0 Å². The van der Waals surface area contributed by atoms with Crippen LogP contribution in [0.5, 0.6) is 5.75 Å². The van der Waals surface area contributed by atoms with Crippen molar-refractivity contribution in [2.24, 2.45) is 10.8 Å². The molecule has 0 unspecified atom stereocenters. The molecule has 0 saturated carbocycles. The Bertz CT molecular complexity index is 980. The van der Waals surface area contributed by atoms with E-state index in [1.807, 2.05) is 29.2 Å². The molecule has 0 amide bonds. The van der Waals surface area contributed by atoms with E-state index in [9.17, 15) is 8.78 Å². The van der Waals surface area contributed by atoms with Crippen molar-refractivity contribution in [3.05, 3.63) is 54.1 Å². The van der Waals surface area contributed by atoms with Crippen LogP contribution in [0.4, 0.5) is 20.2 Å². The predicted molar refractivity (Wildman–Crippen MR) is 166 cm³/mol. The Morgan fingerprint density at radius 1 is 0.800 bits per heavy atom. The van der Waals surface area contributed by atoms with Crippen molar-refractivity contribution in [2.75, 3.05) is 31.6 Å². The molecule has 2 aromatic rings. The number of hydrogen-bond donors (Lipinski definition) is 1. The summed E-state index contributed by atoms with van der Waals surface area (Å²) in [6.45, 7) is 14.0. The summed E-state index contributed by atoms with van der Waals surface area (Å²) in [6.07, 6.45) is 11.7. The Kier molecular flexibility index (Phi) is 12.3. The van der Waals surface area contributed by atoms with Crippen molar-refractivity contribution in [3.8, 4) is 5.75 Å². The van der Waals surface area contributed by atoms with Crippen molar-refractivity contribution in [1.29, 1.82) is 0 Å². The van der Waals surface area contributed by atoms with Gasteiger partial charge in [0.1, 0.15) is 5.75 Å². The monoisotopic (exact) mass is 556 g/mol. The quantitative estimate of drug-likeness (QED) is 0.208. The second-order valence-corrected chi connectivity index (χ2v) is 13.5. The first kappa shape index (κ1) is 32.4.